The average molecular weight is 246 g/mol. The Morgan fingerprint density at radius 1 is 1.50 bits per heavy atom. The Hall–Kier alpha value is -0.640. The fourth-order valence-corrected chi connectivity index (χ4v) is 1.93. The Morgan fingerprint density at radius 2 is 2.19 bits per heavy atom. The van der Waals surface area contributed by atoms with E-state index in [1.807, 2.05) is 13.8 Å². The summed E-state index contributed by atoms with van der Waals surface area (Å²) in [6, 6.07) is 4.87. The van der Waals surface area contributed by atoms with E-state index in [0.29, 0.717) is 6.54 Å². The summed E-state index contributed by atoms with van der Waals surface area (Å²) in [7, 11) is 0. The van der Waals surface area contributed by atoms with Crippen molar-refractivity contribution in [3.63, 3.8) is 0 Å². The maximum Gasteiger partial charge on any atom is 0.141 e. The molecule has 0 radical (unpaired) electrons. The molecule has 0 bridgehead atoms. The normalized spacial score (nSPS) is 13.1. The highest BCUT2D eigenvalue weighted by Gasteiger charge is 2.14. The summed E-state index contributed by atoms with van der Waals surface area (Å²) in [5, 5.41) is 9.08. The van der Waals surface area contributed by atoms with Crippen molar-refractivity contribution in [1.82, 2.24) is 4.90 Å². The van der Waals surface area contributed by atoms with Gasteiger partial charge in [-0.2, -0.15) is 0 Å². The van der Waals surface area contributed by atoms with Crippen LogP contribution >= 0.6 is 11.6 Å². The number of likely N-dealkylation sites (N-methyl/N-ethyl adjacent to an activating group) is 1. The molecule has 0 aliphatic rings. The summed E-state index contributed by atoms with van der Waals surface area (Å²) in [5.41, 5.74) is 0.960. The van der Waals surface area contributed by atoms with Crippen LogP contribution in [-0.2, 0) is 0 Å². The fourth-order valence-electron chi connectivity index (χ4n) is 1.74. The first-order valence-corrected chi connectivity index (χ1v) is 5.77. The van der Waals surface area contributed by atoms with Gasteiger partial charge in [-0.25, -0.2) is 4.39 Å². The lowest BCUT2D eigenvalue weighted by atomic mass is 10.1. The summed E-state index contributed by atoms with van der Waals surface area (Å²) in [4.78, 5) is 2.10. The number of aliphatic hydroxyl groups is 1. The lowest BCUT2D eigenvalue weighted by Crippen LogP contribution is -2.29. The van der Waals surface area contributed by atoms with Crippen LogP contribution < -0.4 is 0 Å². The summed E-state index contributed by atoms with van der Waals surface area (Å²) in [6.07, 6.45) is 0. The molecule has 90 valence electrons. The molecule has 0 aliphatic heterocycles. The molecule has 0 aromatic heterocycles. The molecule has 0 fully saturated rings. The van der Waals surface area contributed by atoms with Crippen LogP contribution in [0, 0.1) is 5.82 Å². The molecular formula is C12H17ClFNO. The molecule has 0 saturated carbocycles. The second kappa shape index (κ2) is 6.18. The van der Waals surface area contributed by atoms with Gasteiger partial charge in [-0.05, 0) is 31.2 Å². The standard InChI is InChI=1S/C12H17ClFNO/c1-3-15(6-7-16)9(2)10-4-5-12(14)11(13)8-10/h4-5,8-9,16H,3,6-7H2,1-2H3. The van der Waals surface area contributed by atoms with Crippen LogP contribution in [0.5, 0.6) is 0 Å². The van der Waals surface area contributed by atoms with Gasteiger partial charge in [0.2, 0.25) is 0 Å². The first kappa shape index (κ1) is 13.4. The molecule has 1 N–H and O–H groups in total. The first-order valence-electron chi connectivity index (χ1n) is 5.40. The number of aliphatic hydroxyl groups excluding tert-OH is 1. The van der Waals surface area contributed by atoms with E-state index in [2.05, 4.69) is 4.90 Å². The topological polar surface area (TPSA) is 23.5 Å². The molecule has 0 aliphatic carbocycles. The lowest BCUT2D eigenvalue weighted by molar-refractivity contribution is 0.165. The quantitative estimate of drug-likeness (QED) is 0.862. The van der Waals surface area contributed by atoms with Gasteiger partial charge in [0.05, 0.1) is 11.6 Å². The van der Waals surface area contributed by atoms with Gasteiger partial charge >= 0.3 is 0 Å². The molecule has 2 nitrogen and oxygen atoms in total. The molecule has 4 heteroatoms. The van der Waals surface area contributed by atoms with Crippen molar-refractivity contribution in [3.8, 4) is 0 Å². The van der Waals surface area contributed by atoms with Crippen molar-refractivity contribution < 1.29 is 9.50 Å². The number of hydrogen-bond acceptors (Lipinski definition) is 2. The number of nitrogens with zero attached hydrogens (tertiary/aromatic N) is 1. The van der Waals surface area contributed by atoms with Gasteiger partial charge in [-0.15, -0.1) is 0 Å². The van der Waals surface area contributed by atoms with Crippen molar-refractivity contribution in [3.05, 3.63) is 34.6 Å². The zero-order chi connectivity index (χ0) is 12.1. The molecule has 1 aromatic carbocycles. The van der Waals surface area contributed by atoms with Gasteiger partial charge in [-0.1, -0.05) is 24.6 Å². The van der Waals surface area contributed by atoms with Crippen LogP contribution in [0.15, 0.2) is 18.2 Å². The van der Waals surface area contributed by atoms with Gasteiger partial charge in [0, 0.05) is 12.6 Å². The molecule has 0 spiro atoms. The van der Waals surface area contributed by atoms with E-state index in [0.717, 1.165) is 12.1 Å². The largest absolute Gasteiger partial charge is 0.395 e. The van der Waals surface area contributed by atoms with E-state index < -0.39 is 5.82 Å². The Bertz CT molecular complexity index is 346. The van der Waals surface area contributed by atoms with Crippen molar-refractivity contribution in [2.45, 2.75) is 19.9 Å². The van der Waals surface area contributed by atoms with Crippen LogP contribution in [0.3, 0.4) is 0 Å². The Balaban J connectivity index is 2.85. The van der Waals surface area contributed by atoms with Crippen molar-refractivity contribution in [2.24, 2.45) is 0 Å². The van der Waals surface area contributed by atoms with Crippen LogP contribution in [0.4, 0.5) is 4.39 Å². The molecular weight excluding hydrogens is 229 g/mol. The Kier molecular flexibility index (Phi) is 5.19. The summed E-state index contributed by atoms with van der Waals surface area (Å²) in [5.74, 6) is -0.400. The van der Waals surface area contributed by atoms with E-state index in [1.165, 1.54) is 6.07 Å². The van der Waals surface area contributed by atoms with Gasteiger partial charge < -0.3 is 5.11 Å². The predicted molar refractivity (Wildman–Crippen MR) is 64.2 cm³/mol. The zero-order valence-corrected chi connectivity index (χ0v) is 10.3. The summed E-state index contributed by atoms with van der Waals surface area (Å²) in [6.45, 7) is 5.59. The van der Waals surface area contributed by atoms with Crippen molar-refractivity contribution in [2.75, 3.05) is 19.7 Å². The van der Waals surface area contributed by atoms with Gasteiger partial charge in [0.25, 0.3) is 0 Å². The van der Waals surface area contributed by atoms with Crippen molar-refractivity contribution in [1.29, 1.82) is 0 Å². The third-order valence-electron chi connectivity index (χ3n) is 2.77. The van der Waals surface area contributed by atoms with Crippen LogP contribution in [0.25, 0.3) is 0 Å². The Labute approximate surface area is 101 Å². The third-order valence-corrected chi connectivity index (χ3v) is 3.06. The molecule has 1 rings (SSSR count). The van der Waals surface area contributed by atoms with Gasteiger partial charge in [0.1, 0.15) is 5.82 Å². The maximum atomic E-state index is 13.0. The van der Waals surface area contributed by atoms with Gasteiger partial charge in [-0.3, -0.25) is 4.90 Å². The molecule has 0 saturated heterocycles. The fraction of sp³-hybridized carbons (Fsp3) is 0.500. The van der Waals surface area contributed by atoms with Crippen LogP contribution in [-0.4, -0.2) is 29.7 Å². The van der Waals surface area contributed by atoms with Crippen molar-refractivity contribution >= 4 is 11.6 Å². The highest BCUT2D eigenvalue weighted by molar-refractivity contribution is 6.30. The molecule has 1 aromatic rings. The molecule has 0 amide bonds. The molecule has 1 atom stereocenters. The number of rotatable bonds is 5. The van der Waals surface area contributed by atoms with E-state index >= 15 is 0 Å². The minimum atomic E-state index is -0.400. The summed E-state index contributed by atoms with van der Waals surface area (Å²) >= 11 is 5.74. The lowest BCUT2D eigenvalue weighted by Gasteiger charge is -2.27. The Morgan fingerprint density at radius 3 is 2.69 bits per heavy atom. The SMILES string of the molecule is CCN(CCO)C(C)c1ccc(F)c(Cl)c1. The highest BCUT2D eigenvalue weighted by atomic mass is 35.5. The summed E-state index contributed by atoms with van der Waals surface area (Å²) < 4.78 is 13.0. The van der Waals surface area contributed by atoms with Gasteiger partial charge in [0.15, 0.2) is 0 Å². The number of halogens is 2. The maximum absolute atomic E-state index is 13.0. The molecule has 1 unspecified atom stereocenters. The zero-order valence-electron chi connectivity index (χ0n) is 9.58. The minimum Gasteiger partial charge on any atom is -0.395 e. The second-order valence-electron chi connectivity index (χ2n) is 3.70. The number of hydrogen-bond donors (Lipinski definition) is 1. The highest BCUT2D eigenvalue weighted by Crippen LogP contribution is 2.24. The van der Waals surface area contributed by atoms with E-state index in [1.54, 1.807) is 12.1 Å². The second-order valence-corrected chi connectivity index (χ2v) is 4.11. The predicted octanol–water partition coefficient (Wildman–Crippen LogP) is 2.85. The van der Waals surface area contributed by atoms with E-state index in [9.17, 15) is 4.39 Å². The third kappa shape index (κ3) is 3.17. The van der Waals surface area contributed by atoms with E-state index in [4.69, 9.17) is 16.7 Å². The molecule has 16 heavy (non-hydrogen) atoms. The smallest absolute Gasteiger partial charge is 0.141 e. The van der Waals surface area contributed by atoms with E-state index in [-0.39, 0.29) is 17.7 Å². The van der Waals surface area contributed by atoms with Crippen LogP contribution in [0.2, 0.25) is 5.02 Å². The molecule has 0 heterocycles. The first-order chi connectivity index (χ1) is 7.60. The van der Waals surface area contributed by atoms with Crippen LogP contribution in [0.1, 0.15) is 25.5 Å². The monoisotopic (exact) mass is 245 g/mol. The average Bonchev–Trinajstić information content (AvgIpc) is 2.28. The number of benzene rings is 1. The minimum absolute atomic E-state index is 0.118.